The fraction of sp³-hybridized carbons (Fsp3) is 0.417. The number of morpholine rings is 1. The van der Waals surface area contributed by atoms with Crippen molar-refractivity contribution in [1.82, 2.24) is 14.7 Å². The first-order valence-electron chi connectivity index (χ1n) is 11.1. The third-order valence-electron chi connectivity index (χ3n) is 5.69. The van der Waals surface area contributed by atoms with Crippen LogP contribution in [-0.2, 0) is 14.3 Å². The molecule has 2 heterocycles. The van der Waals surface area contributed by atoms with Crippen molar-refractivity contribution in [3.63, 3.8) is 0 Å². The first kappa shape index (κ1) is 22.3. The number of hydrogen-bond donors (Lipinski definition) is 1. The monoisotopic (exact) mass is 438 g/mol. The second-order valence-electron chi connectivity index (χ2n) is 8.00. The molecule has 2 fully saturated rings. The second kappa shape index (κ2) is 11.1. The molecular weight excluding hydrogens is 408 g/mol. The van der Waals surface area contributed by atoms with E-state index in [4.69, 9.17) is 9.47 Å². The lowest BCUT2D eigenvalue weighted by molar-refractivity contribution is -0.137. The van der Waals surface area contributed by atoms with Crippen LogP contribution in [0.15, 0.2) is 54.6 Å². The molecule has 1 N–H and O–H groups in total. The minimum atomic E-state index is -0.0769. The maximum atomic E-state index is 12.7. The number of piperazine rings is 1. The van der Waals surface area contributed by atoms with Gasteiger partial charge in [0.2, 0.25) is 11.8 Å². The van der Waals surface area contributed by atoms with E-state index in [1.165, 1.54) is 0 Å². The van der Waals surface area contributed by atoms with E-state index in [2.05, 4.69) is 15.1 Å². The van der Waals surface area contributed by atoms with Crippen LogP contribution >= 0.6 is 0 Å². The van der Waals surface area contributed by atoms with Crippen molar-refractivity contribution < 1.29 is 19.1 Å². The van der Waals surface area contributed by atoms with Crippen molar-refractivity contribution in [2.24, 2.45) is 0 Å². The topological polar surface area (TPSA) is 74.4 Å². The quantitative estimate of drug-likeness (QED) is 0.712. The predicted octanol–water partition coefficient (Wildman–Crippen LogP) is 1.89. The number of carbonyl (C=O) groups is 2. The highest BCUT2D eigenvalue weighted by Gasteiger charge is 2.24. The Morgan fingerprint density at radius 3 is 2.16 bits per heavy atom. The Morgan fingerprint density at radius 2 is 1.44 bits per heavy atom. The average Bonchev–Trinajstić information content (AvgIpc) is 2.83. The van der Waals surface area contributed by atoms with E-state index in [1.54, 1.807) is 0 Å². The van der Waals surface area contributed by atoms with Gasteiger partial charge >= 0.3 is 0 Å². The standard InChI is InChI=1S/C24H30N4O4/c29-23(25-21-8-4-5-9-22(21)32-20-6-2-1-3-7-20)18-26-10-12-27(13-11-26)19-24(30)28-14-16-31-17-15-28/h1-9H,10-19H2,(H,25,29). The zero-order valence-corrected chi connectivity index (χ0v) is 18.2. The highest BCUT2D eigenvalue weighted by molar-refractivity contribution is 5.93. The van der Waals surface area contributed by atoms with Crippen molar-refractivity contribution in [1.29, 1.82) is 0 Å². The lowest BCUT2D eigenvalue weighted by Crippen LogP contribution is -2.52. The number of hydrogen-bond acceptors (Lipinski definition) is 6. The summed E-state index contributed by atoms with van der Waals surface area (Å²) in [6.07, 6.45) is 0. The molecule has 2 amide bonds. The highest BCUT2D eigenvalue weighted by Crippen LogP contribution is 2.29. The maximum Gasteiger partial charge on any atom is 0.238 e. The van der Waals surface area contributed by atoms with Crippen LogP contribution in [0.3, 0.4) is 0 Å². The van der Waals surface area contributed by atoms with Crippen molar-refractivity contribution >= 4 is 17.5 Å². The van der Waals surface area contributed by atoms with Crippen LogP contribution in [0.25, 0.3) is 0 Å². The van der Waals surface area contributed by atoms with Crippen LogP contribution in [0.4, 0.5) is 5.69 Å². The molecule has 0 aromatic heterocycles. The van der Waals surface area contributed by atoms with Gasteiger partial charge in [0.25, 0.3) is 0 Å². The molecule has 170 valence electrons. The minimum absolute atomic E-state index is 0.0769. The van der Waals surface area contributed by atoms with Crippen molar-refractivity contribution in [2.45, 2.75) is 0 Å². The smallest absolute Gasteiger partial charge is 0.238 e. The van der Waals surface area contributed by atoms with E-state index < -0.39 is 0 Å². The number of carbonyl (C=O) groups excluding carboxylic acids is 2. The van der Waals surface area contributed by atoms with Crippen molar-refractivity contribution in [2.75, 3.05) is 70.9 Å². The Kier molecular flexibility index (Phi) is 7.71. The molecule has 2 saturated heterocycles. The zero-order valence-electron chi connectivity index (χ0n) is 18.2. The summed E-state index contributed by atoms with van der Waals surface area (Å²) in [7, 11) is 0. The van der Waals surface area contributed by atoms with E-state index in [1.807, 2.05) is 59.5 Å². The molecule has 2 aliphatic heterocycles. The van der Waals surface area contributed by atoms with Gasteiger partial charge in [-0.1, -0.05) is 30.3 Å². The minimum Gasteiger partial charge on any atom is -0.455 e. The normalized spacial score (nSPS) is 17.7. The van der Waals surface area contributed by atoms with Crippen LogP contribution in [0.5, 0.6) is 11.5 Å². The Morgan fingerprint density at radius 1 is 0.812 bits per heavy atom. The molecule has 2 aliphatic rings. The van der Waals surface area contributed by atoms with Gasteiger partial charge in [-0.05, 0) is 24.3 Å². The van der Waals surface area contributed by atoms with Crippen LogP contribution in [0, 0.1) is 0 Å². The highest BCUT2D eigenvalue weighted by atomic mass is 16.5. The average molecular weight is 439 g/mol. The molecular formula is C24H30N4O4. The summed E-state index contributed by atoms with van der Waals surface area (Å²) < 4.78 is 11.2. The molecule has 2 aromatic rings. The van der Waals surface area contributed by atoms with Gasteiger partial charge in [0.15, 0.2) is 5.75 Å². The van der Waals surface area contributed by atoms with Crippen LogP contribution in [0.1, 0.15) is 0 Å². The zero-order chi connectivity index (χ0) is 22.2. The molecule has 4 rings (SSSR count). The Labute approximate surface area is 188 Å². The lowest BCUT2D eigenvalue weighted by Gasteiger charge is -2.35. The number of amides is 2. The molecule has 2 aromatic carbocycles. The molecule has 0 aliphatic carbocycles. The Balaban J connectivity index is 1.23. The van der Waals surface area contributed by atoms with Gasteiger partial charge in [0.05, 0.1) is 32.0 Å². The van der Waals surface area contributed by atoms with Crippen LogP contribution in [-0.4, -0.2) is 92.1 Å². The number of para-hydroxylation sites is 3. The van der Waals surface area contributed by atoms with Crippen LogP contribution < -0.4 is 10.1 Å². The summed E-state index contributed by atoms with van der Waals surface area (Å²) in [6.45, 7) is 6.40. The fourth-order valence-electron chi connectivity index (χ4n) is 3.88. The first-order valence-corrected chi connectivity index (χ1v) is 11.1. The third-order valence-corrected chi connectivity index (χ3v) is 5.69. The molecule has 32 heavy (non-hydrogen) atoms. The summed E-state index contributed by atoms with van der Waals surface area (Å²) in [5, 5.41) is 2.97. The first-order chi connectivity index (χ1) is 15.7. The molecule has 0 spiro atoms. The molecule has 0 atom stereocenters. The summed E-state index contributed by atoms with van der Waals surface area (Å²) in [5.41, 5.74) is 0.649. The fourth-order valence-corrected chi connectivity index (χ4v) is 3.88. The van der Waals surface area contributed by atoms with Crippen LogP contribution in [0.2, 0.25) is 0 Å². The maximum absolute atomic E-state index is 12.7. The predicted molar refractivity (Wildman–Crippen MR) is 122 cm³/mol. The Bertz CT molecular complexity index is 894. The van der Waals surface area contributed by atoms with E-state index in [0.29, 0.717) is 50.8 Å². The molecule has 0 unspecified atom stereocenters. The van der Waals surface area contributed by atoms with E-state index in [9.17, 15) is 9.59 Å². The summed E-state index contributed by atoms with van der Waals surface area (Å²) in [6, 6.07) is 16.9. The van der Waals surface area contributed by atoms with Gasteiger partial charge in [-0.3, -0.25) is 19.4 Å². The molecule has 0 radical (unpaired) electrons. The van der Waals surface area contributed by atoms with Crippen molar-refractivity contribution in [3.05, 3.63) is 54.6 Å². The molecule has 8 heteroatoms. The van der Waals surface area contributed by atoms with Gasteiger partial charge < -0.3 is 19.7 Å². The van der Waals surface area contributed by atoms with Gasteiger partial charge in [0, 0.05) is 39.3 Å². The number of benzene rings is 2. The number of nitrogens with one attached hydrogen (secondary N) is 1. The van der Waals surface area contributed by atoms with E-state index >= 15 is 0 Å². The SMILES string of the molecule is O=C(CN1CCN(CC(=O)N2CCOCC2)CC1)Nc1ccccc1Oc1ccccc1. The summed E-state index contributed by atoms with van der Waals surface area (Å²) in [4.78, 5) is 31.2. The Hall–Kier alpha value is -2.94. The largest absolute Gasteiger partial charge is 0.455 e. The number of ether oxygens (including phenoxy) is 2. The van der Waals surface area contributed by atoms with Gasteiger partial charge in [-0.2, -0.15) is 0 Å². The number of nitrogens with zero attached hydrogens (tertiary/aromatic N) is 3. The van der Waals surface area contributed by atoms with E-state index in [0.717, 1.165) is 31.9 Å². The van der Waals surface area contributed by atoms with Crippen molar-refractivity contribution in [3.8, 4) is 11.5 Å². The van der Waals surface area contributed by atoms with Gasteiger partial charge in [-0.25, -0.2) is 0 Å². The lowest BCUT2D eigenvalue weighted by atomic mass is 10.2. The number of rotatable bonds is 7. The van der Waals surface area contributed by atoms with E-state index in [-0.39, 0.29) is 11.8 Å². The second-order valence-corrected chi connectivity index (χ2v) is 8.00. The summed E-state index contributed by atoms with van der Waals surface area (Å²) >= 11 is 0. The molecule has 0 saturated carbocycles. The van der Waals surface area contributed by atoms with Gasteiger partial charge in [-0.15, -0.1) is 0 Å². The summed E-state index contributed by atoms with van der Waals surface area (Å²) in [5.74, 6) is 1.41. The molecule has 0 bridgehead atoms. The third kappa shape index (κ3) is 6.29. The molecule has 8 nitrogen and oxygen atoms in total. The van der Waals surface area contributed by atoms with Gasteiger partial charge in [0.1, 0.15) is 5.75 Å². The number of anilines is 1.